The molecule has 0 saturated carbocycles. The van der Waals surface area contributed by atoms with Gasteiger partial charge in [-0.1, -0.05) is 32.9 Å². The van der Waals surface area contributed by atoms with Gasteiger partial charge in [0, 0.05) is 17.6 Å². The standard InChI is InChI=1S/C19H23N3O4/c1-19(2,3)18(25)21-12-16(23)20-11-13-6-8-14(9-7-13)22-17(24)15-5-4-10-26-15/h4-10H,11-12H2,1-3H3,(H,20,23)(H,21,25)(H,22,24). The highest BCUT2D eigenvalue weighted by molar-refractivity contribution is 6.02. The molecule has 2 rings (SSSR count). The smallest absolute Gasteiger partial charge is 0.291 e. The van der Waals surface area contributed by atoms with Gasteiger partial charge in [0.15, 0.2) is 5.76 Å². The second-order valence-electron chi connectivity index (χ2n) is 6.84. The summed E-state index contributed by atoms with van der Waals surface area (Å²) >= 11 is 0. The predicted octanol–water partition coefficient (Wildman–Crippen LogP) is 2.31. The molecule has 0 spiro atoms. The Kier molecular flexibility index (Phi) is 6.16. The van der Waals surface area contributed by atoms with Crippen LogP contribution < -0.4 is 16.0 Å². The number of hydrogen-bond acceptors (Lipinski definition) is 4. The van der Waals surface area contributed by atoms with Crippen molar-refractivity contribution >= 4 is 23.4 Å². The first-order chi connectivity index (χ1) is 12.3. The summed E-state index contributed by atoms with van der Waals surface area (Å²) in [6.45, 7) is 5.62. The molecule has 0 aliphatic rings. The summed E-state index contributed by atoms with van der Waals surface area (Å²) in [5.74, 6) is -0.536. The van der Waals surface area contributed by atoms with E-state index in [2.05, 4.69) is 16.0 Å². The van der Waals surface area contributed by atoms with Crippen LogP contribution in [0.25, 0.3) is 0 Å². The van der Waals surface area contributed by atoms with Crippen molar-refractivity contribution in [2.45, 2.75) is 27.3 Å². The maximum absolute atomic E-state index is 11.9. The van der Waals surface area contributed by atoms with Crippen molar-refractivity contribution < 1.29 is 18.8 Å². The second-order valence-corrected chi connectivity index (χ2v) is 6.84. The average Bonchev–Trinajstić information content (AvgIpc) is 3.13. The Morgan fingerprint density at radius 2 is 1.69 bits per heavy atom. The van der Waals surface area contributed by atoms with Gasteiger partial charge < -0.3 is 20.4 Å². The van der Waals surface area contributed by atoms with Gasteiger partial charge in [0.2, 0.25) is 11.8 Å². The van der Waals surface area contributed by atoms with Crippen LogP contribution in [0.4, 0.5) is 5.69 Å². The van der Waals surface area contributed by atoms with Gasteiger partial charge in [0.05, 0.1) is 12.8 Å². The molecule has 0 atom stereocenters. The van der Waals surface area contributed by atoms with E-state index in [4.69, 9.17) is 4.42 Å². The number of rotatable bonds is 6. The van der Waals surface area contributed by atoms with Crippen LogP contribution >= 0.6 is 0 Å². The Hall–Kier alpha value is -3.09. The fraction of sp³-hybridized carbons (Fsp3) is 0.316. The van der Waals surface area contributed by atoms with Crippen molar-refractivity contribution in [1.29, 1.82) is 0 Å². The Labute approximate surface area is 152 Å². The van der Waals surface area contributed by atoms with Crippen molar-refractivity contribution in [2.75, 3.05) is 11.9 Å². The van der Waals surface area contributed by atoms with Crippen LogP contribution in [0.5, 0.6) is 0 Å². The summed E-state index contributed by atoms with van der Waals surface area (Å²) in [4.78, 5) is 35.4. The molecule has 7 nitrogen and oxygen atoms in total. The second kappa shape index (κ2) is 8.33. The van der Waals surface area contributed by atoms with E-state index in [1.54, 1.807) is 57.2 Å². The molecule has 1 aromatic heterocycles. The summed E-state index contributed by atoms with van der Waals surface area (Å²) in [6, 6.07) is 10.3. The molecule has 3 amide bonds. The van der Waals surface area contributed by atoms with Crippen LogP contribution in [-0.2, 0) is 16.1 Å². The third-order valence-corrected chi connectivity index (χ3v) is 3.54. The number of carbonyl (C=O) groups is 3. The van der Waals surface area contributed by atoms with Gasteiger partial charge in [-0.25, -0.2) is 0 Å². The van der Waals surface area contributed by atoms with Gasteiger partial charge in [0.25, 0.3) is 5.91 Å². The van der Waals surface area contributed by atoms with Crippen molar-refractivity contribution in [1.82, 2.24) is 10.6 Å². The van der Waals surface area contributed by atoms with Gasteiger partial charge in [-0.15, -0.1) is 0 Å². The minimum Gasteiger partial charge on any atom is -0.459 e. The third-order valence-electron chi connectivity index (χ3n) is 3.54. The van der Waals surface area contributed by atoms with Crippen LogP contribution in [0.1, 0.15) is 36.9 Å². The number of furan rings is 1. The Morgan fingerprint density at radius 1 is 1.00 bits per heavy atom. The number of amides is 3. The summed E-state index contributed by atoms with van der Waals surface area (Å²) in [6.07, 6.45) is 1.44. The van der Waals surface area contributed by atoms with Gasteiger partial charge in [-0.05, 0) is 29.8 Å². The molecule has 7 heteroatoms. The maximum Gasteiger partial charge on any atom is 0.291 e. The van der Waals surface area contributed by atoms with E-state index in [0.717, 1.165) is 5.56 Å². The van der Waals surface area contributed by atoms with Gasteiger partial charge in [-0.3, -0.25) is 14.4 Å². The normalized spacial score (nSPS) is 10.9. The Balaban J connectivity index is 1.77. The summed E-state index contributed by atoms with van der Waals surface area (Å²) in [5.41, 5.74) is 0.964. The fourth-order valence-corrected chi connectivity index (χ4v) is 2.00. The van der Waals surface area contributed by atoms with Crippen molar-refractivity contribution in [3.8, 4) is 0 Å². The molecule has 2 aromatic rings. The zero-order valence-corrected chi connectivity index (χ0v) is 15.1. The van der Waals surface area contributed by atoms with Crippen LogP contribution in [0.3, 0.4) is 0 Å². The van der Waals surface area contributed by atoms with E-state index >= 15 is 0 Å². The lowest BCUT2D eigenvalue weighted by Crippen LogP contribution is -2.41. The van der Waals surface area contributed by atoms with E-state index < -0.39 is 5.41 Å². The molecule has 0 unspecified atom stereocenters. The predicted molar refractivity (Wildman–Crippen MR) is 97.4 cm³/mol. The van der Waals surface area contributed by atoms with E-state index in [1.807, 2.05) is 0 Å². The Bertz CT molecular complexity index is 759. The molecule has 1 aromatic carbocycles. The highest BCUT2D eigenvalue weighted by atomic mass is 16.3. The molecule has 0 saturated heterocycles. The van der Waals surface area contributed by atoms with E-state index in [0.29, 0.717) is 12.2 Å². The maximum atomic E-state index is 11.9. The molecular formula is C19H23N3O4. The lowest BCUT2D eigenvalue weighted by atomic mass is 9.96. The molecular weight excluding hydrogens is 334 g/mol. The zero-order chi connectivity index (χ0) is 19.2. The van der Waals surface area contributed by atoms with E-state index in [9.17, 15) is 14.4 Å². The van der Waals surface area contributed by atoms with E-state index in [1.165, 1.54) is 6.26 Å². The first-order valence-corrected chi connectivity index (χ1v) is 8.24. The monoisotopic (exact) mass is 357 g/mol. The van der Waals surface area contributed by atoms with Crippen LogP contribution in [0.15, 0.2) is 47.1 Å². The molecule has 0 fully saturated rings. The molecule has 138 valence electrons. The fourth-order valence-electron chi connectivity index (χ4n) is 2.00. The lowest BCUT2D eigenvalue weighted by molar-refractivity contribution is -0.131. The van der Waals surface area contributed by atoms with Crippen molar-refractivity contribution in [3.05, 3.63) is 54.0 Å². The molecule has 0 aliphatic heterocycles. The number of benzene rings is 1. The Morgan fingerprint density at radius 3 is 2.27 bits per heavy atom. The minimum atomic E-state index is -0.532. The summed E-state index contributed by atoms with van der Waals surface area (Å²) in [5, 5.41) is 8.04. The molecule has 3 N–H and O–H groups in total. The topological polar surface area (TPSA) is 100 Å². The van der Waals surface area contributed by atoms with Gasteiger partial charge in [-0.2, -0.15) is 0 Å². The largest absolute Gasteiger partial charge is 0.459 e. The summed E-state index contributed by atoms with van der Waals surface area (Å²) in [7, 11) is 0. The first kappa shape index (κ1) is 19.2. The lowest BCUT2D eigenvalue weighted by Gasteiger charge is -2.17. The zero-order valence-electron chi connectivity index (χ0n) is 15.1. The van der Waals surface area contributed by atoms with Crippen LogP contribution in [0, 0.1) is 5.41 Å². The quantitative estimate of drug-likeness (QED) is 0.738. The number of carbonyl (C=O) groups excluding carboxylic acids is 3. The molecule has 26 heavy (non-hydrogen) atoms. The SMILES string of the molecule is CC(C)(C)C(=O)NCC(=O)NCc1ccc(NC(=O)c2ccco2)cc1. The average molecular weight is 357 g/mol. The van der Waals surface area contributed by atoms with E-state index in [-0.39, 0.29) is 30.0 Å². The number of anilines is 1. The van der Waals surface area contributed by atoms with Gasteiger partial charge >= 0.3 is 0 Å². The van der Waals surface area contributed by atoms with Crippen LogP contribution in [-0.4, -0.2) is 24.3 Å². The number of hydrogen-bond donors (Lipinski definition) is 3. The molecule has 0 aliphatic carbocycles. The number of nitrogens with one attached hydrogen (secondary N) is 3. The first-order valence-electron chi connectivity index (χ1n) is 8.24. The van der Waals surface area contributed by atoms with Gasteiger partial charge in [0.1, 0.15) is 0 Å². The molecule has 0 radical (unpaired) electrons. The highest BCUT2D eigenvalue weighted by Crippen LogP contribution is 2.13. The van der Waals surface area contributed by atoms with Crippen molar-refractivity contribution in [2.24, 2.45) is 5.41 Å². The summed E-state index contributed by atoms with van der Waals surface area (Å²) < 4.78 is 5.03. The molecule has 1 heterocycles. The molecule has 0 bridgehead atoms. The third kappa shape index (κ3) is 5.77. The highest BCUT2D eigenvalue weighted by Gasteiger charge is 2.21. The minimum absolute atomic E-state index is 0.0621. The van der Waals surface area contributed by atoms with Crippen LogP contribution in [0.2, 0.25) is 0 Å². The van der Waals surface area contributed by atoms with Crippen molar-refractivity contribution in [3.63, 3.8) is 0 Å².